The Labute approximate surface area is 170 Å². The van der Waals surface area contributed by atoms with Gasteiger partial charge in [0.15, 0.2) is 0 Å². The molecule has 0 aliphatic heterocycles. The molecule has 0 heterocycles. The van der Waals surface area contributed by atoms with Gasteiger partial charge in [0.05, 0.1) is 12.7 Å². The summed E-state index contributed by atoms with van der Waals surface area (Å²) in [6.07, 6.45) is 0.199. The minimum absolute atomic E-state index is 0.0246. The van der Waals surface area contributed by atoms with Crippen molar-refractivity contribution >= 4 is 17.8 Å². The normalized spacial score (nSPS) is 12.2. The summed E-state index contributed by atoms with van der Waals surface area (Å²) in [4.78, 5) is 36.0. The van der Waals surface area contributed by atoms with Crippen LogP contribution in [0.15, 0.2) is 42.5 Å². The number of hydrogen-bond acceptors (Lipinski definition) is 4. The van der Waals surface area contributed by atoms with E-state index in [1.165, 1.54) is 13.2 Å². The van der Waals surface area contributed by atoms with E-state index in [4.69, 9.17) is 9.84 Å². The fourth-order valence-corrected chi connectivity index (χ4v) is 2.98. The number of ether oxygens (including phenoxy) is 1. The number of methoxy groups -OCH3 is 1. The molecule has 0 fully saturated rings. The summed E-state index contributed by atoms with van der Waals surface area (Å²) in [5, 5.41) is 11.8. The molecule has 0 saturated carbocycles. The van der Waals surface area contributed by atoms with Gasteiger partial charge in [-0.25, -0.2) is 9.59 Å². The molecule has 0 radical (unpaired) electrons. The Kier molecular flexibility index (Phi) is 6.80. The van der Waals surface area contributed by atoms with Gasteiger partial charge < -0.3 is 15.2 Å². The highest BCUT2D eigenvalue weighted by molar-refractivity contribution is 5.97. The topological polar surface area (TPSA) is 92.7 Å². The first kappa shape index (κ1) is 22.1. The summed E-state index contributed by atoms with van der Waals surface area (Å²) in [5.41, 5.74) is 3.18. The van der Waals surface area contributed by atoms with Crippen molar-refractivity contribution in [3.05, 3.63) is 70.3 Å². The van der Waals surface area contributed by atoms with Gasteiger partial charge in [-0.15, -0.1) is 0 Å². The number of amides is 1. The number of rotatable bonds is 6. The van der Waals surface area contributed by atoms with Crippen LogP contribution in [0, 0.1) is 6.92 Å². The van der Waals surface area contributed by atoms with Gasteiger partial charge in [0.2, 0.25) is 0 Å². The molecule has 0 aromatic heterocycles. The van der Waals surface area contributed by atoms with Gasteiger partial charge in [-0.05, 0) is 53.3 Å². The van der Waals surface area contributed by atoms with E-state index in [9.17, 15) is 14.4 Å². The zero-order valence-electron chi connectivity index (χ0n) is 17.4. The second-order valence-electron chi connectivity index (χ2n) is 8.03. The maximum absolute atomic E-state index is 12.7. The molecule has 6 nitrogen and oxygen atoms in total. The van der Waals surface area contributed by atoms with Crippen molar-refractivity contribution in [1.29, 1.82) is 0 Å². The fraction of sp³-hybridized carbons (Fsp3) is 0.348. The third kappa shape index (κ3) is 5.67. The van der Waals surface area contributed by atoms with E-state index in [0.717, 1.165) is 16.7 Å². The molecular formula is C23H27NO5. The average Bonchev–Trinajstić information content (AvgIpc) is 2.67. The Morgan fingerprint density at radius 3 is 2.10 bits per heavy atom. The molecule has 2 rings (SSSR count). The van der Waals surface area contributed by atoms with Gasteiger partial charge in [0.25, 0.3) is 5.91 Å². The minimum atomic E-state index is -1.02. The van der Waals surface area contributed by atoms with Crippen LogP contribution in [0.3, 0.4) is 0 Å². The molecular weight excluding hydrogens is 370 g/mol. The van der Waals surface area contributed by atoms with Crippen LogP contribution in [0.4, 0.5) is 0 Å². The third-order valence-corrected chi connectivity index (χ3v) is 4.82. The molecule has 2 aromatic rings. The highest BCUT2D eigenvalue weighted by atomic mass is 16.5. The molecule has 0 bridgehead atoms. The van der Waals surface area contributed by atoms with Crippen LogP contribution in [0.5, 0.6) is 0 Å². The smallest absolute Gasteiger partial charge is 0.335 e. The largest absolute Gasteiger partial charge is 0.478 e. The number of carbonyl (C=O) groups is 3. The van der Waals surface area contributed by atoms with Gasteiger partial charge >= 0.3 is 11.9 Å². The standard InChI is InChI=1S/C23H27NO5/c1-14-12-17(21(26)27)7-6-16(14)13-19(22(28)29-5)24-20(25)15-8-10-18(11-9-15)23(2,3)4/h6-12,19H,13H2,1-5H3,(H,24,25)(H,26,27). The summed E-state index contributed by atoms with van der Waals surface area (Å²) in [6.45, 7) is 8.04. The monoisotopic (exact) mass is 397 g/mol. The lowest BCUT2D eigenvalue weighted by Crippen LogP contribution is -2.43. The Hall–Kier alpha value is -3.15. The van der Waals surface area contributed by atoms with E-state index in [0.29, 0.717) is 5.56 Å². The van der Waals surface area contributed by atoms with Crippen LogP contribution in [0.2, 0.25) is 0 Å². The van der Waals surface area contributed by atoms with Crippen molar-refractivity contribution in [3.8, 4) is 0 Å². The number of benzene rings is 2. The average molecular weight is 397 g/mol. The van der Waals surface area contributed by atoms with Gasteiger partial charge in [-0.3, -0.25) is 4.79 Å². The molecule has 0 aliphatic rings. The van der Waals surface area contributed by atoms with Crippen LogP contribution in [0.1, 0.15) is 58.2 Å². The van der Waals surface area contributed by atoms with Crippen molar-refractivity contribution in [2.45, 2.75) is 45.6 Å². The van der Waals surface area contributed by atoms with E-state index in [1.807, 2.05) is 12.1 Å². The lowest BCUT2D eigenvalue weighted by atomic mass is 9.86. The Morgan fingerprint density at radius 2 is 1.62 bits per heavy atom. The van der Waals surface area contributed by atoms with Crippen molar-refractivity contribution in [2.75, 3.05) is 7.11 Å². The first-order valence-corrected chi connectivity index (χ1v) is 9.35. The zero-order valence-corrected chi connectivity index (χ0v) is 17.4. The van der Waals surface area contributed by atoms with Gasteiger partial charge in [-0.1, -0.05) is 39.0 Å². The Morgan fingerprint density at radius 1 is 1.03 bits per heavy atom. The second kappa shape index (κ2) is 8.90. The highest BCUT2D eigenvalue weighted by Gasteiger charge is 2.24. The number of carboxylic acids is 1. The number of nitrogens with one attached hydrogen (secondary N) is 1. The van der Waals surface area contributed by atoms with Gasteiger partial charge in [0, 0.05) is 12.0 Å². The van der Waals surface area contributed by atoms with Crippen molar-refractivity contribution in [2.24, 2.45) is 0 Å². The molecule has 1 amide bonds. The lowest BCUT2D eigenvalue weighted by Gasteiger charge is -2.20. The maximum Gasteiger partial charge on any atom is 0.335 e. The summed E-state index contributed by atoms with van der Waals surface area (Å²) in [5.74, 6) is -1.96. The second-order valence-corrected chi connectivity index (χ2v) is 8.03. The van der Waals surface area contributed by atoms with Gasteiger partial charge in [-0.2, -0.15) is 0 Å². The van der Waals surface area contributed by atoms with E-state index >= 15 is 0 Å². The summed E-state index contributed by atoms with van der Waals surface area (Å²) < 4.78 is 4.84. The molecule has 29 heavy (non-hydrogen) atoms. The molecule has 154 valence electrons. The van der Waals surface area contributed by atoms with Crippen molar-refractivity contribution in [3.63, 3.8) is 0 Å². The SMILES string of the molecule is COC(=O)C(Cc1ccc(C(=O)O)cc1C)NC(=O)c1ccc(C(C)(C)C)cc1. The molecule has 2 N–H and O–H groups in total. The van der Waals surface area contributed by atoms with Crippen LogP contribution in [-0.2, 0) is 21.4 Å². The molecule has 2 aromatic carbocycles. The van der Waals surface area contributed by atoms with Crippen LogP contribution in [-0.4, -0.2) is 36.1 Å². The number of carbonyl (C=O) groups excluding carboxylic acids is 2. The molecule has 1 unspecified atom stereocenters. The van der Waals surface area contributed by atoms with E-state index in [-0.39, 0.29) is 23.3 Å². The molecule has 0 saturated heterocycles. The summed E-state index contributed by atoms with van der Waals surface area (Å²) >= 11 is 0. The Balaban J connectivity index is 2.20. The molecule has 0 aliphatic carbocycles. The number of aryl methyl sites for hydroxylation is 1. The minimum Gasteiger partial charge on any atom is -0.478 e. The molecule has 6 heteroatoms. The molecule has 1 atom stereocenters. The highest BCUT2D eigenvalue weighted by Crippen LogP contribution is 2.22. The molecule has 0 spiro atoms. The first-order valence-electron chi connectivity index (χ1n) is 9.35. The number of hydrogen-bond donors (Lipinski definition) is 2. The summed E-state index contributed by atoms with van der Waals surface area (Å²) in [6, 6.07) is 11.1. The third-order valence-electron chi connectivity index (χ3n) is 4.82. The number of aromatic carboxylic acids is 1. The van der Waals surface area contributed by atoms with E-state index in [1.54, 1.807) is 31.2 Å². The van der Waals surface area contributed by atoms with Gasteiger partial charge in [0.1, 0.15) is 6.04 Å². The predicted octanol–water partition coefficient (Wildman–Crippen LogP) is 3.50. The van der Waals surface area contributed by atoms with Crippen molar-refractivity contribution in [1.82, 2.24) is 5.32 Å². The van der Waals surface area contributed by atoms with E-state index < -0.39 is 18.0 Å². The lowest BCUT2D eigenvalue weighted by molar-refractivity contribution is -0.142. The summed E-state index contributed by atoms with van der Waals surface area (Å²) in [7, 11) is 1.26. The first-order chi connectivity index (χ1) is 13.5. The maximum atomic E-state index is 12.7. The van der Waals surface area contributed by atoms with Crippen LogP contribution < -0.4 is 5.32 Å². The van der Waals surface area contributed by atoms with Crippen molar-refractivity contribution < 1.29 is 24.2 Å². The number of carboxylic acid groups (broad SMARTS) is 1. The number of esters is 1. The quantitative estimate of drug-likeness (QED) is 0.728. The zero-order chi connectivity index (χ0) is 21.8. The fourth-order valence-electron chi connectivity index (χ4n) is 2.98. The predicted molar refractivity (Wildman–Crippen MR) is 110 cm³/mol. The Bertz CT molecular complexity index is 910. The van der Waals surface area contributed by atoms with Crippen LogP contribution in [0.25, 0.3) is 0 Å². The van der Waals surface area contributed by atoms with E-state index in [2.05, 4.69) is 26.1 Å². The van der Waals surface area contributed by atoms with Crippen LogP contribution >= 0.6 is 0 Å².